The fraction of sp³-hybridized carbons (Fsp3) is 0.769. The van der Waals surface area contributed by atoms with Crippen LogP contribution in [0.1, 0.15) is 41.0 Å². The van der Waals surface area contributed by atoms with Crippen LogP contribution in [0.15, 0.2) is 0 Å². The molecule has 0 atom stereocenters. The minimum Gasteiger partial charge on any atom is -0.463 e. The molecule has 1 saturated carbocycles. The van der Waals surface area contributed by atoms with Crippen molar-refractivity contribution in [3.05, 3.63) is 5.28 Å². The summed E-state index contributed by atoms with van der Waals surface area (Å²) in [5, 5.41) is 3.48. The number of ether oxygens (including phenoxy) is 1. The van der Waals surface area contributed by atoms with E-state index in [0.29, 0.717) is 18.6 Å². The minimum absolute atomic E-state index is 0.153. The Hall–Kier alpha value is -1.10. The molecular formula is C13H21ClN4O. The highest BCUT2D eigenvalue weighted by atomic mass is 35.5. The molecule has 106 valence electrons. The number of rotatable bonds is 5. The van der Waals surface area contributed by atoms with Gasteiger partial charge in [0.2, 0.25) is 11.2 Å². The van der Waals surface area contributed by atoms with Crippen molar-refractivity contribution in [3.63, 3.8) is 0 Å². The van der Waals surface area contributed by atoms with Crippen molar-refractivity contribution < 1.29 is 4.74 Å². The van der Waals surface area contributed by atoms with Crippen molar-refractivity contribution in [2.75, 3.05) is 11.9 Å². The maximum absolute atomic E-state index is 5.89. The number of nitrogens with one attached hydrogen (secondary N) is 1. The third-order valence-electron chi connectivity index (χ3n) is 4.32. The van der Waals surface area contributed by atoms with Crippen molar-refractivity contribution in [1.82, 2.24) is 15.0 Å². The zero-order valence-electron chi connectivity index (χ0n) is 12.1. The molecule has 0 aromatic carbocycles. The fourth-order valence-electron chi connectivity index (χ4n) is 2.34. The van der Waals surface area contributed by atoms with Crippen molar-refractivity contribution in [2.45, 2.75) is 47.1 Å². The summed E-state index contributed by atoms with van der Waals surface area (Å²) in [6, 6.07) is 0.595. The predicted octanol–water partition coefficient (Wildman–Crippen LogP) is 3.16. The number of nitrogens with zero attached hydrogens (tertiary/aromatic N) is 3. The van der Waals surface area contributed by atoms with Gasteiger partial charge in [-0.3, -0.25) is 0 Å². The lowest BCUT2D eigenvalue weighted by atomic mass is 10.0. The van der Waals surface area contributed by atoms with E-state index < -0.39 is 0 Å². The van der Waals surface area contributed by atoms with Crippen LogP contribution < -0.4 is 10.1 Å². The first-order chi connectivity index (χ1) is 8.79. The molecule has 19 heavy (non-hydrogen) atoms. The Bertz CT molecular complexity index is 462. The molecule has 1 heterocycles. The Balaban J connectivity index is 2.11. The molecule has 1 aromatic rings. The van der Waals surface area contributed by atoms with Crippen LogP contribution in [0.3, 0.4) is 0 Å². The van der Waals surface area contributed by atoms with Crippen molar-refractivity contribution in [1.29, 1.82) is 0 Å². The van der Waals surface area contributed by atoms with Gasteiger partial charge in [-0.05, 0) is 28.9 Å². The summed E-state index contributed by atoms with van der Waals surface area (Å²) in [6.45, 7) is 11.5. The molecule has 5 nitrogen and oxygen atoms in total. The first-order valence-electron chi connectivity index (χ1n) is 6.60. The first kappa shape index (κ1) is 14.3. The maximum atomic E-state index is 5.89. The van der Waals surface area contributed by atoms with Crippen LogP contribution >= 0.6 is 11.6 Å². The van der Waals surface area contributed by atoms with Gasteiger partial charge in [-0.25, -0.2) is 0 Å². The Morgan fingerprint density at radius 3 is 2.32 bits per heavy atom. The lowest BCUT2D eigenvalue weighted by Gasteiger charge is -2.08. The molecule has 1 fully saturated rings. The van der Waals surface area contributed by atoms with Crippen LogP contribution in [0.5, 0.6) is 6.01 Å². The summed E-state index contributed by atoms with van der Waals surface area (Å²) in [7, 11) is 0. The van der Waals surface area contributed by atoms with E-state index in [-0.39, 0.29) is 22.1 Å². The zero-order valence-corrected chi connectivity index (χ0v) is 12.9. The van der Waals surface area contributed by atoms with Gasteiger partial charge in [0.25, 0.3) is 0 Å². The van der Waals surface area contributed by atoms with Gasteiger partial charge >= 0.3 is 6.01 Å². The lowest BCUT2D eigenvalue weighted by molar-refractivity contribution is 0.291. The van der Waals surface area contributed by atoms with Gasteiger partial charge in [0, 0.05) is 6.04 Å². The van der Waals surface area contributed by atoms with Crippen molar-refractivity contribution >= 4 is 17.5 Å². The van der Waals surface area contributed by atoms with Crippen LogP contribution in [-0.2, 0) is 0 Å². The molecular weight excluding hydrogens is 264 g/mol. The molecule has 6 heteroatoms. The molecule has 1 N–H and O–H groups in total. The number of hydrogen-bond acceptors (Lipinski definition) is 5. The first-order valence-corrected chi connectivity index (χ1v) is 6.97. The summed E-state index contributed by atoms with van der Waals surface area (Å²) >= 11 is 5.89. The Morgan fingerprint density at radius 2 is 1.79 bits per heavy atom. The second-order valence-electron chi connectivity index (χ2n) is 6.08. The monoisotopic (exact) mass is 284 g/mol. The van der Waals surface area contributed by atoms with E-state index in [1.54, 1.807) is 0 Å². The highest BCUT2D eigenvalue weighted by Gasteiger charge is 2.65. The summed E-state index contributed by atoms with van der Waals surface area (Å²) in [6.07, 6.45) is 0.898. The van der Waals surface area contributed by atoms with E-state index in [1.807, 2.05) is 6.92 Å². The van der Waals surface area contributed by atoms with E-state index in [0.717, 1.165) is 6.42 Å². The molecule has 1 aromatic heterocycles. The van der Waals surface area contributed by atoms with Crippen molar-refractivity contribution in [3.8, 4) is 6.01 Å². The third kappa shape index (κ3) is 2.61. The average molecular weight is 285 g/mol. The van der Waals surface area contributed by atoms with E-state index in [9.17, 15) is 0 Å². The molecule has 0 amide bonds. The lowest BCUT2D eigenvalue weighted by Crippen LogP contribution is -2.14. The molecule has 0 radical (unpaired) electrons. The number of halogens is 1. The number of aromatic nitrogens is 3. The molecule has 0 aliphatic heterocycles. The molecule has 0 unspecified atom stereocenters. The van der Waals surface area contributed by atoms with Crippen LogP contribution in [-0.4, -0.2) is 27.6 Å². The molecule has 1 aliphatic carbocycles. The van der Waals surface area contributed by atoms with Gasteiger partial charge in [-0.15, -0.1) is 0 Å². The van der Waals surface area contributed by atoms with E-state index in [1.165, 1.54) is 0 Å². The van der Waals surface area contributed by atoms with Gasteiger partial charge < -0.3 is 10.1 Å². The van der Waals surface area contributed by atoms with Crippen LogP contribution in [0.25, 0.3) is 0 Å². The smallest absolute Gasteiger partial charge is 0.322 e. The largest absolute Gasteiger partial charge is 0.463 e. The molecule has 0 bridgehead atoms. The second kappa shape index (κ2) is 4.78. The van der Waals surface area contributed by atoms with E-state index in [4.69, 9.17) is 16.3 Å². The highest BCUT2D eigenvalue weighted by molar-refractivity contribution is 6.28. The molecule has 1 aliphatic rings. The third-order valence-corrected chi connectivity index (χ3v) is 4.49. The normalized spacial score (nSPS) is 20.1. The highest BCUT2D eigenvalue weighted by Crippen LogP contribution is 2.63. The van der Waals surface area contributed by atoms with Gasteiger partial charge in [0.1, 0.15) is 0 Å². The van der Waals surface area contributed by atoms with Crippen molar-refractivity contribution in [2.24, 2.45) is 10.8 Å². The van der Waals surface area contributed by atoms with Gasteiger partial charge in [-0.1, -0.05) is 34.6 Å². The average Bonchev–Trinajstić information content (AvgIpc) is 2.68. The van der Waals surface area contributed by atoms with E-state index in [2.05, 4.69) is 48.0 Å². The minimum atomic E-state index is 0.153. The topological polar surface area (TPSA) is 59.9 Å². The second-order valence-corrected chi connectivity index (χ2v) is 6.42. The predicted molar refractivity (Wildman–Crippen MR) is 75.6 cm³/mol. The summed E-state index contributed by atoms with van der Waals surface area (Å²) in [4.78, 5) is 12.3. The van der Waals surface area contributed by atoms with Gasteiger partial charge in [-0.2, -0.15) is 15.0 Å². The van der Waals surface area contributed by atoms with Crippen LogP contribution in [0, 0.1) is 10.8 Å². The van der Waals surface area contributed by atoms with Gasteiger partial charge in [0.05, 0.1) is 6.61 Å². The Morgan fingerprint density at radius 1 is 1.16 bits per heavy atom. The maximum Gasteiger partial charge on any atom is 0.322 e. The van der Waals surface area contributed by atoms with Crippen LogP contribution in [0.4, 0.5) is 5.95 Å². The summed E-state index contributed by atoms with van der Waals surface area (Å²) < 4.78 is 5.40. The summed E-state index contributed by atoms with van der Waals surface area (Å²) in [5.41, 5.74) is 0.410. The number of hydrogen-bond donors (Lipinski definition) is 1. The van der Waals surface area contributed by atoms with Crippen LogP contribution in [0.2, 0.25) is 5.28 Å². The zero-order chi connectivity index (χ0) is 14.3. The molecule has 0 saturated heterocycles. The molecule has 0 spiro atoms. The number of anilines is 1. The Kier molecular flexibility index (Phi) is 3.60. The van der Waals surface area contributed by atoms with Gasteiger partial charge in [0.15, 0.2) is 0 Å². The Labute approximate surface area is 119 Å². The SMILES string of the molecule is CCCOc1nc(Cl)nc(NC2C(C)(C)C2(C)C)n1. The quantitative estimate of drug-likeness (QED) is 0.900. The molecule has 2 rings (SSSR count). The summed E-state index contributed by atoms with van der Waals surface area (Å²) in [5.74, 6) is 0.481. The standard InChI is InChI=1S/C13H21ClN4O/c1-6-7-19-11-17-9(14)16-10(18-11)15-8-12(2,3)13(8,4)5/h8H,6-7H2,1-5H3,(H,15,16,17,18). The van der Waals surface area contributed by atoms with E-state index >= 15 is 0 Å². The fourth-order valence-corrected chi connectivity index (χ4v) is 2.49.